The second kappa shape index (κ2) is 6.75. The van der Waals surface area contributed by atoms with Crippen molar-refractivity contribution in [2.75, 3.05) is 19.8 Å². The summed E-state index contributed by atoms with van der Waals surface area (Å²) in [6.07, 6.45) is 1.59. The highest BCUT2D eigenvalue weighted by Crippen LogP contribution is 2.23. The molecule has 0 amide bonds. The number of carbonyl (C=O) groups is 1. The lowest BCUT2D eigenvalue weighted by Crippen LogP contribution is -2.33. The maximum absolute atomic E-state index is 10.2. The predicted molar refractivity (Wildman–Crippen MR) is 49.8 cm³/mol. The molecule has 0 radical (unpaired) electrons. The molecule has 0 aliphatic carbocycles. The van der Waals surface area contributed by atoms with Gasteiger partial charge in [0.05, 0.1) is 19.8 Å². The molecule has 0 spiro atoms. The topological polar surface area (TPSA) is 98.0 Å². The van der Waals surface area contributed by atoms with Crippen molar-refractivity contribution in [3.63, 3.8) is 0 Å². The van der Waals surface area contributed by atoms with Crippen molar-refractivity contribution in [3.8, 4) is 0 Å². The predicted octanol–water partition coefficient (Wildman–Crippen LogP) is -0.405. The second-order valence-electron chi connectivity index (χ2n) is 3.58. The molecule has 0 aliphatic heterocycles. The molecular formula is C9H18O5. The number of hydrogen-bond acceptors (Lipinski definition) is 4. The Hall–Kier alpha value is -0.650. The number of carboxylic acids is 1. The third-order valence-corrected chi connectivity index (χ3v) is 2.35. The van der Waals surface area contributed by atoms with E-state index in [1.807, 2.05) is 0 Å². The zero-order chi connectivity index (χ0) is 11.0. The Morgan fingerprint density at radius 2 is 1.50 bits per heavy atom. The normalized spacial score (nSPS) is 11.6. The lowest BCUT2D eigenvalue weighted by Gasteiger charge is -2.26. The van der Waals surface area contributed by atoms with Gasteiger partial charge < -0.3 is 20.4 Å². The van der Waals surface area contributed by atoms with Gasteiger partial charge in [-0.2, -0.15) is 0 Å². The molecular weight excluding hydrogens is 188 g/mol. The van der Waals surface area contributed by atoms with Crippen LogP contribution in [0.1, 0.15) is 25.7 Å². The Balaban J connectivity index is 3.77. The molecule has 0 bridgehead atoms. The Kier molecular flexibility index (Phi) is 6.44. The molecule has 0 aromatic heterocycles. The van der Waals surface area contributed by atoms with Crippen LogP contribution in [0.3, 0.4) is 0 Å². The Labute approximate surface area is 83.0 Å². The van der Waals surface area contributed by atoms with Crippen molar-refractivity contribution < 1.29 is 25.2 Å². The molecule has 5 heteroatoms. The van der Waals surface area contributed by atoms with E-state index in [1.54, 1.807) is 0 Å². The van der Waals surface area contributed by atoms with Gasteiger partial charge in [0.1, 0.15) is 0 Å². The Morgan fingerprint density at radius 1 is 1.00 bits per heavy atom. The fourth-order valence-electron chi connectivity index (χ4n) is 1.16. The van der Waals surface area contributed by atoms with Crippen LogP contribution in [-0.4, -0.2) is 46.2 Å². The zero-order valence-electron chi connectivity index (χ0n) is 8.15. The van der Waals surface area contributed by atoms with Crippen molar-refractivity contribution in [1.82, 2.24) is 0 Å². The van der Waals surface area contributed by atoms with Crippen molar-refractivity contribution >= 4 is 5.97 Å². The van der Waals surface area contributed by atoms with Crippen LogP contribution in [0.2, 0.25) is 0 Å². The molecule has 0 heterocycles. The fourth-order valence-corrected chi connectivity index (χ4v) is 1.16. The van der Waals surface area contributed by atoms with Gasteiger partial charge in [0, 0.05) is 11.8 Å². The molecule has 0 aromatic rings. The SMILES string of the molecule is O=C(O)CCCCC(CO)(CO)CO. The molecule has 0 atom stereocenters. The van der Waals surface area contributed by atoms with Gasteiger partial charge in [0.25, 0.3) is 0 Å². The summed E-state index contributed by atoms with van der Waals surface area (Å²) < 4.78 is 0. The molecule has 5 nitrogen and oxygen atoms in total. The van der Waals surface area contributed by atoms with E-state index in [4.69, 9.17) is 20.4 Å². The highest BCUT2D eigenvalue weighted by molar-refractivity contribution is 5.66. The van der Waals surface area contributed by atoms with Crippen LogP contribution >= 0.6 is 0 Å². The van der Waals surface area contributed by atoms with Crippen molar-refractivity contribution in [1.29, 1.82) is 0 Å². The number of aliphatic carboxylic acids is 1. The first kappa shape index (κ1) is 13.4. The van der Waals surface area contributed by atoms with E-state index < -0.39 is 11.4 Å². The van der Waals surface area contributed by atoms with Gasteiger partial charge in [-0.25, -0.2) is 0 Å². The first-order valence-corrected chi connectivity index (χ1v) is 4.64. The summed E-state index contributed by atoms with van der Waals surface area (Å²) in [4.78, 5) is 10.2. The van der Waals surface area contributed by atoms with Crippen LogP contribution in [-0.2, 0) is 4.79 Å². The third-order valence-electron chi connectivity index (χ3n) is 2.35. The van der Waals surface area contributed by atoms with E-state index in [1.165, 1.54) is 0 Å². The van der Waals surface area contributed by atoms with E-state index in [-0.39, 0.29) is 26.2 Å². The zero-order valence-corrected chi connectivity index (χ0v) is 8.15. The average molecular weight is 206 g/mol. The van der Waals surface area contributed by atoms with Gasteiger partial charge in [0.15, 0.2) is 0 Å². The molecule has 0 rings (SSSR count). The van der Waals surface area contributed by atoms with Crippen molar-refractivity contribution in [3.05, 3.63) is 0 Å². The molecule has 14 heavy (non-hydrogen) atoms. The minimum atomic E-state index is -0.863. The van der Waals surface area contributed by atoms with Gasteiger partial charge in [-0.3, -0.25) is 4.79 Å². The smallest absolute Gasteiger partial charge is 0.303 e. The molecule has 0 unspecified atom stereocenters. The standard InChI is InChI=1S/C9H18O5/c10-5-9(6-11,7-12)4-2-1-3-8(13)14/h10-12H,1-7H2,(H,13,14). The minimum absolute atomic E-state index is 0.0817. The van der Waals surface area contributed by atoms with Crippen molar-refractivity contribution in [2.45, 2.75) is 25.7 Å². The third kappa shape index (κ3) is 4.55. The summed E-state index contributed by atoms with van der Waals surface area (Å²) in [6.45, 7) is -0.854. The summed E-state index contributed by atoms with van der Waals surface area (Å²) >= 11 is 0. The van der Waals surface area contributed by atoms with Gasteiger partial charge in [-0.05, 0) is 12.8 Å². The maximum Gasteiger partial charge on any atom is 0.303 e. The summed E-state index contributed by atoms with van der Waals surface area (Å²) in [6, 6.07) is 0. The number of unbranched alkanes of at least 4 members (excludes halogenated alkanes) is 1. The summed E-state index contributed by atoms with van der Waals surface area (Å²) in [7, 11) is 0. The number of aliphatic hydroxyl groups is 3. The quantitative estimate of drug-likeness (QED) is 0.405. The Morgan fingerprint density at radius 3 is 1.86 bits per heavy atom. The summed E-state index contributed by atoms with van der Waals surface area (Å²) in [5.41, 5.74) is -0.863. The first-order valence-electron chi connectivity index (χ1n) is 4.64. The summed E-state index contributed by atoms with van der Waals surface area (Å²) in [5.74, 6) is -0.854. The molecule has 0 saturated heterocycles. The minimum Gasteiger partial charge on any atom is -0.481 e. The number of aliphatic hydroxyl groups excluding tert-OH is 3. The largest absolute Gasteiger partial charge is 0.481 e. The van der Waals surface area contributed by atoms with Crippen LogP contribution in [0, 0.1) is 5.41 Å². The van der Waals surface area contributed by atoms with E-state index in [0.717, 1.165) is 0 Å². The van der Waals surface area contributed by atoms with Gasteiger partial charge in [-0.15, -0.1) is 0 Å². The van der Waals surface area contributed by atoms with Gasteiger partial charge in [-0.1, -0.05) is 6.42 Å². The average Bonchev–Trinajstić information content (AvgIpc) is 2.19. The van der Waals surface area contributed by atoms with Gasteiger partial charge >= 0.3 is 5.97 Å². The maximum atomic E-state index is 10.2. The molecule has 0 aromatic carbocycles. The van der Waals surface area contributed by atoms with Crippen LogP contribution in [0.15, 0.2) is 0 Å². The molecule has 0 fully saturated rings. The molecule has 0 aliphatic rings. The van der Waals surface area contributed by atoms with E-state index in [2.05, 4.69) is 0 Å². The van der Waals surface area contributed by atoms with E-state index >= 15 is 0 Å². The van der Waals surface area contributed by atoms with Crippen LogP contribution in [0.5, 0.6) is 0 Å². The molecule has 84 valence electrons. The highest BCUT2D eigenvalue weighted by Gasteiger charge is 2.27. The van der Waals surface area contributed by atoms with Gasteiger partial charge in [0.2, 0.25) is 0 Å². The molecule has 0 saturated carbocycles. The lowest BCUT2D eigenvalue weighted by molar-refractivity contribution is -0.137. The van der Waals surface area contributed by atoms with E-state index in [0.29, 0.717) is 19.3 Å². The lowest BCUT2D eigenvalue weighted by atomic mass is 9.85. The number of carboxylic acid groups (broad SMARTS) is 1. The second-order valence-corrected chi connectivity index (χ2v) is 3.58. The van der Waals surface area contributed by atoms with Crippen LogP contribution < -0.4 is 0 Å². The first-order chi connectivity index (χ1) is 6.60. The number of rotatable bonds is 8. The Bertz CT molecular complexity index is 156. The number of hydrogen-bond donors (Lipinski definition) is 4. The molecule has 4 N–H and O–H groups in total. The van der Waals surface area contributed by atoms with Crippen LogP contribution in [0.25, 0.3) is 0 Å². The monoisotopic (exact) mass is 206 g/mol. The van der Waals surface area contributed by atoms with Crippen LogP contribution in [0.4, 0.5) is 0 Å². The van der Waals surface area contributed by atoms with E-state index in [9.17, 15) is 4.79 Å². The fraction of sp³-hybridized carbons (Fsp3) is 0.889. The summed E-state index contributed by atoms with van der Waals surface area (Å²) in [5, 5.41) is 35.2. The van der Waals surface area contributed by atoms with Crippen molar-refractivity contribution in [2.24, 2.45) is 5.41 Å². The highest BCUT2D eigenvalue weighted by atomic mass is 16.4.